The molecule has 33 heavy (non-hydrogen) atoms. The predicted octanol–water partition coefficient (Wildman–Crippen LogP) is 5.00. The van der Waals surface area contributed by atoms with Gasteiger partial charge in [-0.2, -0.15) is 0 Å². The van der Waals surface area contributed by atoms with Crippen LogP contribution in [0.25, 0.3) is 0 Å². The number of rotatable bonds is 9. The van der Waals surface area contributed by atoms with E-state index >= 15 is 0 Å². The minimum absolute atomic E-state index is 0.122. The fourth-order valence-electron chi connectivity index (χ4n) is 4.30. The zero-order valence-corrected chi connectivity index (χ0v) is 21.2. The second-order valence-corrected chi connectivity index (χ2v) is 11.3. The minimum atomic E-state index is -0.932. The molecule has 4 nitrogen and oxygen atoms in total. The fraction of sp³-hybridized carbons (Fsp3) is 0.500. The summed E-state index contributed by atoms with van der Waals surface area (Å²) < 4.78 is 28.2. The van der Waals surface area contributed by atoms with Crippen LogP contribution in [0, 0.1) is 17.0 Å². The van der Waals surface area contributed by atoms with Gasteiger partial charge in [-0.05, 0) is 72.1 Å². The Kier molecular flexibility index (Phi) is 7.97. The van der Waals surface area contributed by atoms with Gasteiger partial charge in [-0.1, -0.05) is 42.8 Å². The van der Waals surface area contributed by atoms with E-state index in [1.807, 2.05) is 0 Å². The summed E-state index contributed by atoms with van der Waals surface area (Å²) in [6, 6.07) is 9.05. The van der Waals surface area contributed by atoms with Gasteiger partial charge in [0.1, 0.15) is 11.6 Å². The van der Waals surface area contributed by atoms with Gasteiger partial charge in [0.25, 0.3) is 0 Å². The van der Waals surface area contributed by atoms with Gasteiger partial charge in [-0.3, -0.25) is 4.79 Å². The molecule has 0 bridgehead atoms. The molecule has 0 radical (unpaired) electrons. The molecular weight excluding hydrogens is 490 g/mol. The first kappa shape index (κ1) is 25.8. The summed E-state index contributed by atoms with van der Waals surface area (Å²) in [5.74, 6) is -1.68. The molecule has 3 rings (SSSR count). The van der Waals surface area contributed by atoms with E-state index in [9.17, 15) is 18.7 Å². The van der Waals surface area contributed by atoms with Crippen LogP contribution in [0.5, 0.6) is 0 Å². The number of nitrogens with one attached hydrogen (secondary N) is 2. The first-order valence-corrected chi connectivity index (χ1v) is 12.1. The minimum Gasteiger partial charge on any atom is -0.390 e. The first-order valence-electron chi connectivity index (χ1n) is 11.3. The molecular formula is C26H33BrF2N2O2. The van der Waals surface area contributed by atoms with Crippen molar-refractivity contribution in [1.82, 2.24) is 10.6 Å². The van der Waals surface area contributed by atoms with Crippen LogP contribution in [0.3, 0.4) is 0 Å². The fourth-order valence-corrected chi connectivity index (χ4v) is 4.84. The third-order valence-corrected chi connectivity index (χ3v) is 6.33. The summed E-state index contributed by atoms with van der Waals surface area (Å²) in [4.78, 5) is 11.7. The zero-order valence-electron chi connectivity index (χ0n) is 19.6. The molecule has 3 N–H and O–H groups in total. The monoisotopic (exact) mass is 522 g/mol. The zero-order chi connectivity index (χ0) is 24.4. The summed E-state index contributed by atoms with van der Waals surface area (Å²) in [6.45, 7) is 8.23. The molecule has 0 saturated heterocycles. The van der Waals surface area contributed by atoms with Crippen LogP contribution in [0.4, 0.5) is 8.78 Å². The molecule has 0 unspecified atom stereocenters. The van der Waals surface area contributed by atoms with E-state index in [1.54, 1.807) is 0 Å². The largest absolute Gasteiger partial charge is 0.390 e. The number of hydrogen-bond acceptors (Lipinski definition) is 3. The van der Waals surface area contributed by atoms with Crippen molar-refractivity contribution in [3.05, 3.63) is 69.2 Å². The smallest absolute Gasteiger partial charge is 0.217 e. The molecule has 180 valence electrons. The Hall–Kier alpha value is -1.83. The molecule has 0 heterocycles. The number of aliphatic hydroxyl groups excluding tert-OH is 1. The Balaban J connectivity index is 1.72. The third-order valence-electron chi connectivity index (χ3n) is 5.88. The Morgan fingerprint density at radius 3 is 2.27 bits per heavy atom. The highest BCUT2D eigenvalue weighted by atomic mass is 79.9. The summed E-state index contributed by atoms with van der Waals surface area (Å²) >= 11 is 3.63. The molecule has 1 fully saturated rings. The standard InChI is InChI=1S/C26H33BrF2N2O2/c1-16(32)31-23(11-17-9-21(28)13-22(29)10-17)24(33)15-30-26(5-6-26)19-7-18(8-20(27)12-19)14-25(2,3)4/h7-10,12-13,23-24,30,33H,5-6,11,14-15H2,1-4H3,(H,31,32)/t23-,24+/m0/s1. The van der Waals surface area contributed by atoms with E-state index in [4.69, 9.17) is 0 Å². The molecule has 0 aromatic heterocycles. The number of carbonyl (C=O) groups excluding carboxylic acids is 1. The molecule has 0 spiro atoms. The predicted molar refractivity (Wildman–Crippen MR) is 130 cm³/mol. The number of carbonyl (C=O) groups is 1. The Morgan fingerprint density at radius 1 is 1.09 bits per heavy atom. The Bertz CT molecular complexity index is 982. The number of halogens is 3. The van der Waals surface area contributed by atoms with Crippen LogP contribution < -0.4 is 10.6 Å². The van der Waals surface area contributed by atoms with Crippen molar-refractivity contribution in [1.29, 1.82) is 0 Å². The SMILES string of the molecule is CC(=O)N[C@@H](Cc1cc(F)cc(F)c1)[C@H](O)CNC1(c2cc(Br)cc(CC(C)(C)C)c2)CC1. The summed E-state index contributed by atoms with van der Waals surface area (Å²) in [6.07, 6.45) is 2.04. The van der Waals surface area contributed by atoms with Crippen molar-refractivity contribution in [3.63, 3.8) is 0 Å². The molecule has 0 aliphatic heterocycles. The van der Waals surface area contributed by atoms with Crippen molar-refractivity contribution in [2.75, 3.05) is 6.54 Å². The van der Waals surface area contributed by atoms with Crippen LogP contribution >= 0.6 is 15.9 Å². The lowest BCUT2D eigenvalue weighted by atomic mass is 9.87. The van der Waals surface area contributed by atoms with Gasteiger partial charge in [0.2, 0.25) is 5.91 Å². The highest BCUT2D eigenvalue weighted by molar-refractivity contribution is 9.10. The van der Waals surface area contributed by atoms with Gasteiger partial charge in [0, 0.05) is 29.5 Å². The van der Waals surface area contributed by atoms with Crippen molar-refractivity contribution >= 4 is 21.8 Å². The number of benzene rings is 2. The van der Waals surface area contributed by atoms with E-state index in [1.165, 1.54) is 30.2 Å². The van der Waals surface area contributed by atoms with Gasteiger partial charge in [0.15, 0.2) is 0 Å². The highest BCUT2D eigenvalue weighted by Crippen LogP contribution is 2.46. The van der Waals surface area contributed by atoms with Crippen LogP contribution in [0.2, 0.25) is 0 Å². The molecule has 2 atom stereocenters. The van der Waals surface area contributed by atoms with Crippen LogP contribution in [0.1, 0.15) is 57.2 Å². The van der Waals surface area contributed by atoms with E-state index < -0.39 is 23.8 Å². The van der Waals surface area contributed by atoms with Crippen molar-refractivity contribution < 1.29 is 18.7 Å². The number of amides is 1. The molecule has 2 aromatic carbocycles. The number of hydrogen-bond donors (Lipinski definition) is 3. The van der Waals surface area contributed by atoms with E-state index in [0.29, 0.717) is 5.56 Å². The van der Waals surface area contributed by atoms with Gasteiger partial charge in [-0.15, -0.1) is 0 Å². The summed E-state index contributed by atoms with van der Waals surface area (Å²) in [5, 5.41) is 17.1. The van der Waals surface area contributed by atoms with Crippen molar-refractivity contribution in [3.8, 4) is 0 Å². The molecule has 1 aliphatic rings. The van der Waals surface area contributed by atoms with Gasteiger partial charge < -0.3 is 15.7 Å². The topological polar surface area (TPSA) is 61.4 Å². The highest BCUT2D eigenvalue weighted by Gasteiger charge is 2.44. The summed E-state index contributed by atoms with van der Waals surface area (Å²) in [7, 11) is 0. The quantitative estimate of drug-likeness (QED) is 0.434. The lowest BCUT2D eigenvalue weighted by Crippen LogP contribution is -2.49. The van der Waals surface area contributed by atoms with Crippen LogP contribution in [-0.2, 0) is 23.2 Å². The van der Waals surface area contributed by atoms with E-state index in [2.05, 4.69) is 65.5 Å². The lowest BCUT2D eigenvalue weighted by Gasteiger charge is -2.27. The second-order valence-electron chi connectivity index (χ2n) is 10.4. The van der Waals surface area contributed by atoms with Gasteiger partial charge in [-0.25, -0.2) is 8.78 Å². The van der Waals surface area contributed by atoms with Gasteiger partial charge >= 0.3 is 0 Å². The first-order chi connectivity index (χ1) is 15.3. The molecule has 7 heteroatoms. The molecule has 1 amide bonds. The number of aliphatic hydroxyl groups is 1. The average Bonchev–Trinajstić information content (AvgIpc) is 3.44. The van der Waals surface area contributed by atoms with Crippen molar-refractivity contribution in [2.45, 2.75) is 71.1 Å². The normalized spacial score (nSPS) is 16.8. The van der Waals surface area contributed by atoms with Crippen molar-refractivity contribution in [2.24, 2.45) is 5.41 Å². The van der Waals surface area contributed by atoms with Crippen LogP contribution in [0.15, 0.2) is 40.9 Å². The van der Waals surface area contributed by atoms with E-state index in [0.717, 1.165) is 29.8 Å². The van der Waals surface area contributed by atoms with Gasteiger partial charge in [0.05, 0.1) is 12.1 Å². The molecule has 2 aromatic rings. The maximum atomic E-state index is 13.6. The Labute approximate surface area is 203 Å². The van der Waals surface area contributed by atoms with Crippen LogP contribution in [-0.4, -0.2) is 29.7 Å². The molecule has 1 aliphatic carbocycles. The maximum absolute atomic E-state index is 13.6. The maximum Gasteiger partial charge on any atom is 0.217 e. The second kappa shape index (κ2) is 10.2. The third kappa shape index (κ3) is 7.59. The Morgan fingerprint density at radius 2 is 1.73 bits per heavy atom. The molecule has 1 saturated carbocycles. The average molecular weight is 523 g/mol. The summed E-state index contributed by atoms with van der Waals surface area (Å²) in [5.41, 5.74) is 2.75. The van der Waals surface area contributed by atoms with E-state index in [-0.39, 0.29) is 29.8 Å². The lowest BCUT2D eigenvalue weighted by molar-refractivity contribution is -0.120.